The number of hydrogen-bond acceptors (Lipinski definition) is 4. The fourth-order valence-electron chi connectivity index (χ4n) is 1.97. The van der Waals surface area contributed by atoms with Crippen molar-refractivity contribution in [3.05, 3.63) is 52.0 Å². The zero-order valence-electron chi connectivity index (χ0n) is 12.9. The van der Waals surface area contributed by atoms with Crippen LogP contribution in [0.3, 0.4) is 0 Å². The third kappa shape index (κ3) is 4.83. The Hall–Kier alpha value is -1.91. The van der Waals surface area contributed by atoms with Crippen molar-refractivity contribution in [1.82, 2.24) is 0 Å². The van der Waals surface area contributed by atoms with E-state index in [1.54, 1.807) is 6.07 Å². The first-order valence-corrected chi connectivity index (χ1v) is 7.98. The maximum Gasteiger partial charge on any atom is 0.416 e. The van der Waals surface area contributed by atoms with Gasteiger partial charge in [-0.15, -0.1) is 0 Å². The minimum absolute atomic E-state index is 0.0959. The summed E-state index contributed by atoms with van der Waals surface area (Å²) in [6.45, 7) is -0.610. The number of hydrogen-bond donors (Lipinski definition) is 3. The van der Waals surface area contributed by atoms with E-state index >= 15 is 0 Å². The van der Waals surface area contributed by atoms with Crippen LogP contribution in [-0.2, 0) is 6.18 Å². The van der Waals surface area contributed by atoms with Crippen LogP contribution in [0.1, 0.15) is 5.56 Å². The number of anilines is 1. The predicted octanol–water partition coefficient (Wildman–Crippen LogP) is 4.30. The van der Waals surface area contributed by atoms with Crippen LogP contribution in [0.2, 0.25) is 0 Å². The largest absolute Gasteiger partial charge is 0.448 e. The predicted molar refractivity (Wildman–Crippen MR) is 87.2 cm³/mol. The van der Waals surface area contributed by atoms with Gasteiger partial charge in [-0.2, -0.15) is 13.2 Å². The number of halogens is 6. The molecule has 0 aliphatic carbocycles. The van der Waals surface area contributed by atoms with Crippen LogP contribution in [0, 0.1) is 11.6 Å². The molecule has 0 heterocycles. The Balaban J connectivity index is 2.37. The molecule has 10 heteroatoms. The standard InChI is InChI=1S/C16H13BrF5NO3/c17-10-2-1-3-13(23-6-9(25)7-24)14(10)26-15-11(18)4-8(5-12(15)19)16(20,21)22/h1-5,9,23-25H,6-7H2. The van der Waals surface area contributed by atoms with Gasteiger partial charge in [-0.25, -0.2) is 8.78 Å². The van der Waals surface area contributed by atoms with Gasteiger partial charge in [0, 0.05) is 6.54 Å². The maximum absolute atomic E-state index is 14.0. The lowest BCUT2D eigenvalue weighted by Crippen LogP contribution is -2.23. The first-order valence-electron chi connectivity index (χ1n) is 7.19. The molecular weight excluding hydrogens is 429 g/mol. The molecule has 0 aromatic heterocycles. The van der Waals surface area contributed by atoms with E-state index in [1.807, 2.05) is 0 Å². The number of aliphatic hydroxyl groups is 2. The molecule has 0 spiro atoms. The molecule has 2 aromatic carbocycles. The monoisotopic (exact) mass is 441 g/mol. The molecule has 0 bridgehead atoms. The molecule has 26 heavy (non-hydrogen) atoms. The lowest BCUT2D eigenvalue weighted by molar-refractivity contribution is -0.138. The summed E-state index contributed by atoms with van der Waals surface area (Å²) in [6.07, 6.45) is -6.00. The highest BCUT2D eigenvalue weighted by molar-refractivity contribution is 9.10. The quantitative estimate of drug-likeness (QED) is 0.584. The van der Waals surface area contributed by atoms with Gasteiger partial charge >= 0.3 is 6.18 Å². The SMILES string of the molecule is OCC(O)CNc1cccc(Br)c1Oc1c(F)cc(C(F)(F)F)cc1F. The van der Waals surface area contributed by atoms with Crippen LogP contribution in [-0.4, -0.2) is 29.5 Å². The average molecular weight is 442 g/mol. The molecule has 0 aliphatic rings. The van der Waals surface area contributed by atoms with E-state index < -0.39 is 41.8 Å². The van der Waals surface area contributed by atoms with Crippen LogP contribution in [0.5, 0.6) is 11.5 Å². The summed E-state index contributed by atoms with van der Waals surface area (Å²) in [4.78, 5) is 0. The fraction of sp³-hybridized carbons (Fsp3) is 0.250. The highest BCUT2D eigenvalue weighted by Gasteiger charge is 2.33. The van der Waals surface area contributed by atoms with E-state index in [9.17, 15) is 27.1 Å². The third-order valence-corrected chi connectivity index (χ3v) is 3.86. The molecule has 142 valence electrons. The van der Waals surface area contributed by atoms with Gasteiger partial charge < -0.3 is 20.3 Å². The van der Waals surface area contributed by atoms with Gasteiger partial charge in [-0.05, 0) is 40.2 Å². The van der Waals surface area contributed by atoms with Gasteiger partial charge in [-0.3, -0.25) is 0 Å². The van der Waals surface area contributed by atoms with Crippen molar-refractivity contribution in [2.75, 3.05) is 18.5 Å². The number of alkyl halides is 3. The second-order valence-corrected chi connectivity index (χ2v) is 6.06. The van der Waals surface area contributed by atoms with E-state index in [4.69, 9.17) is 9.84 Å². The van der Waals surface area contributed by atoms with Gasteiger partial charge in [0.1, 0.15) is 0 Å². The molecule has 4 nitrogen and oxygen atoms in total. The highest BCUT2D eigenvalue weighted by Crippen LogP contribution is 2.40. The molecule has 0 radical (unpaired) electrons. The Morgan fingerprint density at radius 3 is 2.27 bits per heavy atom. The van der Waals surface area contributed by atoms with E-state index in [0.29, 0.717) is 0 Å². The molecule has 2 aromatic rings. The minimum Gasteiger partial charge on any atom is -0.448 e. The summed E-state index contributed by atoms with van der Waals surface area (Å²) in [6, 6.07) is 4.78. The van der Waals surface area contributed by atoms with Crippen molar-refractivity contribution in [1.29, 1.82) is 0 Å². The molecule has 0 saturated carbocycles. The van der Waals surface area contributed by atoms with Crippen molar-refractivity contribution in [2.45, 2.75) is 12.3 Å². The molecule has 0 amide bonds. The average Bonchev–Trinajstić information content (AvgIpc) is 2.56. The summed E-state index contributed by atoms with van der Waals surface area (Å²) in [5.41, 5.74) is -1.28. The summed E-state index contributed by atoms with van der Waals surface area (Å²) < 4.78 is 71.2. The Kier molecular flexibility index (Phi) is 6.43. The number of rotatable bonds is 6. The Morgan fingerprint density at radius 1 is 1.12 bits per heavy atom. The number of ether oxygens (including phenoxy) is 1. The highest BCUT2D eigenvalue weighted by atomic mass is 79.9. The number of para-hydroxylation sites is 1. The molecule has 3 N–H and O–H groups in total. The van der Waals surface area contributed by atoms with Crippen molar-refractivity contribution in [2.24, 2.45) is 0 Å². The summed E-state index contributed by atoms with van der Waals surface area (Å²) in [7, 11) is 0. The van der Waals surface area contributed by atoms with Gasteiger partial charge in [0.25, 0.3) is 0 Å². The van der Waals surface area contributed by atoms with Crippen LogP contribution >= 0.6 is 15.9 Å². The van der Waals surface area contributed by atoms with E-state index in [2.05, 4.69) is 21.2 Å². The van der Waals surface area contributed by atoms with Crippen molar-refractivity contribution in [3.8, 4) is 11.5 Å². The zero-order chi connectivity index (χ0) is 19.5. The molecule has 0 aliphatic heterocycles. The van der Waals surface area contributed by atoms with E-state index in [0.717, 1.165) is 0 Å². The molecule has 0 fully saturated rings. The Morgan fingerprint density at radius 2 is 1.73 bits per heavy atom. The minimum atomic E-state index is -4.90. The smallest absolute Gasteiger partial charge is 0.416 e. The summed E-state index contributed by atoms with van der Waals surface area (Å²) >= 11 is 3.12. The molecule has 1 unspecified atom stereocenters. The van der Waals surface area contributed by atoms with Crippen LogP contribution < -0.4 is 10.1 Å². The maximum atomic E-state index is 14.0. The molecule has 2 rings (SSSR count). The first kappa shape index (κ1) is 20.4. The second kappa shape index (κ2) is 8.19. The van der Waals surface area contributed by atoms with Gasteiger partial charge in [0.05, 0.1) is 28.4 Å². The zero-order valence-corrected chi connectivity index (χ0v) is 14.5. The third-order valence-electron chi connectivity index (χ3n) is 3.24. The lowest BCUT2D eigenvalue weighted by atomic mass is 10.2. The Labute approximate surface area is 153 Å². The van der Waals surface area contributed by atoms with E-state index in [-0.39, 0.29) is 34.6 Å². The topological polar surface area (TPSA) is 61.7 Å². The normalized spacial score (nSPS) is 12.8. The summed E-state index contributed by atoms with van der Waals surface area (Å²) in [5.74, 6) is -4.14. The number of benzene rings is 2. The number of aliphatic hydroxyl groups excluding tert-OH is 2. The van der Waals surface area contributed by atoms with E-state index in [1.165, 1.54) is 12.1 Å². The lowest BCUT2D eigenvalue weighted by Gasteiger charge is -2.17. The van der Waals surface area contributed by atoms with Crippen molar-refractivity contribution >= 4 is 21.6 Å². The van der Waals surface area contributed by atoms with Crippen molar-refractivity contribution in [3.63, 3.8) is 0 Å². The summed E-state index contributed by atoms with van der Waals surface area (Å²) in [5, 5.41) is 20.9. The van der Waals surface area contributed by atoms with Gasteiger partial charge in [-0.1, -0.05) is 6.07 Å². The molecule has 1 atom stereocenters. The van der Waals surface area contributed by atoms with Gasteiger partial charge in [0.2, 0.25) is 0 Å². The van der Waals surface area contributed by atoms with Gasteiger partial charge in [0.15, 0.2) is 23.1 Å². The molecule has 0 saturated heterocycles. The van der Waals surface area contributed by atoms with Crippen LogP contribution in [0.25, 0.3) is 0 Å². The van der Waals surface area contributed by atoms with Crippen molar-refractivity contribution < 1.29 is 36.9 Å². The Bertz CT molecular complexity index is 762. The second-order valence-electron chi connectivity index (χ2n) is 5.20. The van der Waals surface area contributed by atoms with Crippen LogP contribution in [0.4, 0.5) is 27.6 Å². The first-order chi connectivity index (χ1) is 12.1. The molecular formula is C16H13BrF5NO3. The fourth-order valence-corrected chi connectivity index (χ4v) is 2.41. The number of nitrogens with one attached hydrogen (secondary N) is 1. The van der Waals surface area contributed by atoms with Crippen LogP contribution in [0.15, 0.2) is 34.8 Å².